The molecule has 0 amide bonds. The third kappa shape index (κ3) is 4.24. The first kappa shape index (κ1) is 24.0. The van der Waals surface area contributed by atoms with E-state index in [-0.39, 0.29) is 0 Å². The molecule has 1 heterocycles. The average Bonchev–Trinajstić information content (AvgIpc) is 3.45. The van der Waals surface area contributed by atoms with Crippen molar-refractivity contribution in [2.75, 3.05) is 7.11 Å². The Morgan fingerprint density at radius 2 is 0.947 bits per heavy atom. The van der Waals surface area contributed by atoms with E-state index in [1.165, 1.54) is 21.2 Å². The van der Waals surface area contributed by atoms with Crippen molar-refractivity contribution in [1.29, 1.82) is 0 Å². The van der Waals surface area contributed by atoms with Crippen LogP contribution in [0.4, 0.5) is 0 Å². The van der Waals surface area contributed by atoms with Crippen molar-refractivity contribution in [2.45, 2.75) is 0 Å². The predicted molar refractivity (Wildman–Crippen MR) is 161 cm³/mol. The summed E-state index contributed by atoms with van der Waals surface area (Å²) in [7, 11) is -0.656. The van der Waals surface area contributed by atoms with Gasteiger partial charge in [0, 0.05) is 17.2 Å². The van der Waals surface area contributed by atoms with E-state index in [0.29, 0.717) is 0 Å². The molecule has 0 aliphatic heterocycles. The Morgan fingerprint density at radius 1 is 0.500 bits per heavy atom. The molecule has 0 atom stereocenters. The van der Waals surface area contributed by atoms with Crippen LogP contribution < -0.4 is 26.0 Å². The Balaban J connectivity index is 1.73. The zero-order chi connectivity index (χ0) is 25.8. The van der Waals surface area contributed by atoms with E-state index in [0.717, 1.165) is 28.4 Å². The minimum atomic E-state index is -2.34. The fourth-order valence-corrected chi connectivity index (χ4v) is 9.52. The van der Waals surface area contributed by atoms with Gasteiger partial charge in [0.05, 0.1) is 7.11 Å². The molecule has 1 aromatic heterocycles. The molecule has 0 saturated heterocycles. The van der Waals surface area contributed by atoms with E-state index in [4.69, 9.17) is 9.15 Å². The first-order valence-electron chi connectivity index (χ1n) is 12.7. The predicted octanol–water partition coefficient (Wildman–Crippen LogP) is 7.24. The van der Waals surface area contributed by atoms with Gasteiger partial charge in [-0.2, -0.15) is 0 Å². The average molecular weight is 512 g/mol. The molecular weight excluding hydrogens is 483 g/mol. The van der Waals surface area contributed by atoms with Crippen LogP contribution in [-0.2, 0) is 0 Å². The number of furan rings is 1. The first-order valence-corrected chi connectivity index (χ1v) is 14.5. The lowest BCUT2D eigenvalue weighted by Gasteiger charge is -2.27. The smallest absolute Gasteiger partial charge is 0.178 e. The van der Waals surface area contributed by atoms with Crippen molar-refractivity contribution in [3.63, 3.8) is 0 Å². The van der Waals surface area contributed by atoms with Gasteiger partial charge in [-0.3, -0.25) is 0 Å². The largest absolute Gasteiger partial charge is 0.497 e. The summed E-state index contributed by atoms with van der Waals surface area (Å²) in [6, 6.07) is 53.5. The molecule has 0 spiro atoms. The van der Waals surface area contributed by atoms with Crippen molar-refractivity contribution in [1.82, 2.24) is 0 Å². The maximum Gasteiger partial charge on any atom is 0.178 e. The van der Waals surface area contributed by atoms with Gasteiger partial charge in [0.15, 0.2) is 11.1 Å². The molecule has 0 radical (unpaired) electrons. The van der Waals surface area contributed by atoms with Gasteiger partial charge >= 0.3 is 0 Å². The third-order valence-electron chi connectivity index (χ3n) is 6.91. The number of benzene rings is 5. The molecule has 0 unspecified atom stereocenters. The molecule has 184 valence electrons. The second kappa shape index (κ2) is 10.5. The van der Waals surface area contributed by atoms with Gasteiger partial charge in [-0.05, 0) is 60.7 Å². The molecule has 6 rings (SSSR count). The summed E-state index contributed by atoms with van der Waals surface area (Å²) in [5.41, 5.74) is 2.08. The van der Waals surface area contributed by atoms with Crippen LogP contribution in [0.15, 0.2) is 156 Å². The second-order valence-corrected chi connectivity index (χ2v) is 12.5. The number of ether oxygens (including phenoxy) is 1. The zero-order valence-electron chi connectivity index (χ0n) is 21.2. The first-order chi connectivity index (χ1) is 18.8. The van der Waals surface area contributed by atoms with Crippen LogP contribution in [0.2, 0.25) is 0 Å². The lowest BCUT2D eigenvalue weighted by molar-refractivity contribution is 0.415. The topological polar surface area (TPSA) is 22.4 Å². The Bertz CT molecular complexity index is 1510. The quantitative estimate of drug-likeness (QED) is 0.211. The maximum atomic E-state index is 6.82. The van der Waals surface area contributed by atoms with Gasteiger partial charge in [0.25, 0.3) is 0 Å². The summed E-state index contributed by atoms with van der Waals surface area (Å²) in [6.45, 7) is 0. The molecular formula is C35H28O2P+. The van der Waals surface area contributed by atoms with E-state index < -0.39 is 7.26 Å². The zero-order valence-corrected chi connectivity index (χ0v) is 22.1. The summed E-state index contributed by atoms with van der Waals surface area (Å²) < 4.78 is 12.2. The number of rotatable bonds is 7. The summed E-state index contributed by atoms with van der Waals surface area (Å²) in [6.07, 6.45) is 0. The van der Waals surface area contributed by atoms with E-state index in [2.05, 4.69) is 133 Å². The van der Waals surface area contributed by atoms with Gasteiger partial charge in [0.1, 0.15) is 34.7 Å². The van der Waals surface area contributed by atoms with E-state index in [1.807, 2.05) is 18.2 Å². The van der Waals surface area contributed by atoms with Crippen molar-refractivity contribution >= 4 is 28.5 Å². The molecule has 0 saturated carbocycles. The van der Waals surface area contributed by atoms with Crippen molar-refractivity contribution in [2.24, 2.45) is 0 Å². The fourth-order valence-electron chi connectivity index (χ4n) is 5.14. The summed E-state index contributed by atoms with van der Waals surface area (Å²) in [5, 5.41) is 5.07. The van der Waals surface area contributed by atoms with E-state index >= 15 is 0 Å². The molecule has 3 heteroatoms. The van der Waals surface area contributed by atoms with Crippen LogP contribution in [0.5, 0.6) is 5.75 Å². The van der Waals surface area contributed by atoms with Crippen LogP contribution in [0.1, 0.15) is 0 Å². The SMILES string of the molecule is COc1ccc(-c2cc([P+](c3ccccc3)(c3ccccc3)c3ccccc3)c(-c3ccccc3)o2)cc1. The Morgan fingerprint density at radius 3 is 1.39 bits per heavy atom. The maximum absolute atomic E-state index is 6.82. The third-order valence-corrected chi connectivity index (χ3v) is 11.2. The summed E-state index contributed by atoms with van der Waals surface area (Å²) in [5.74, 6) is 2.57. The van der Waals surface area contributed by atoms with Gasteiger partial charge in [0.2, 0.25) is 0 Å². The summed E-state index contributed by atoms with van der Waals surface area (Å²) in [4.78, 5) is 0. The van der Waals surface area contributed by atoms with Crippen LogP contribution in [0.25, 0.3) is 22.6 Å². The standard InChI is InChI=1S/C35H28O2P/c1-36-29-24-22-27(23-25-29)33-26-34(35(37-33)28-14-6-2-7-15-28)38(30-16-8-3-9-17-30,31-18-10-4-11-19-31)32-20-12-5-13-21-32/h2-26H,1H3/q+1. The highest BCUT2D eigenvalue weighted by Gasteiger charge is 2.51. The van der Waals surface area contributed by atoms with Crippen LogP contribution >= 0.6 is 7.26 Å². The van der Waals surface area contributed by atoms with Crippen LogP contribution in [0, 0.1) is 0 Å². The molecule has 0 N–H and O–H groups in total. The van der Waals surface area contributed by atoms with Crippen LogP contribution in [-0.4, -0.2) is 7.11 Å². The molecule has 5 aromatic carbocycles. The molecule has 2 nitrogen and oxygen atoms in total. The molecule has 0 bridgehead atoms. The fraction of sp³-hybridized carbons (Fsp3) is 0.0286. The molecule has 38 heavy (non-hydrogen) atoms. The molecule has 0 aliphatic carbocycles. The number of hydrogen-bond acceptors (Lipinski definition) is 2. The van der Waals surface area contributed by atoms with Crippen molar-refractivity contribution in [3.8, 4) is 28.4 Å². The van der Waals surface area contributed by atoms with Crippen molar-refractivity contribution in [3.05, 3.63) is 152 Å². The van der Waals surface area contributed by atoms with Gasteiger partial charge in [-0.25, -0.2) is 0 Å². The normalized spacial score (nSPS) is 11.3. The minimum absolute atomic E-state index is 0.823. The summed E-state index contributed by atoms with van der Waals surface area (Å²) >= 11 is 0. The van der Waals surface area contributed by atoms with Gasteiger partial charge in [-0.15, -0.1) is 0 Å². The van der Waals surface area contributed by atoms with E-state index in [1.54, 1.807) is 7.11 Å². The van der Waals surface area contributed by atoms with Crippen LogP contribution in [0.3, 0.4) is 0 Å². The highest BCUT2D eigenvalue weighted by atomic mass is 31.2. The monoisotopic (exact) mass is 511 g/mol. The molecule has 0 fully saturated rings. The highest BCUT2D eigenvalue weighted by Crippen LogP contribution is 2.57. The Hall–Kier alpha value is -4.39. The molecule has 0 aliphatic rings. The highest BCUT2D eigenvalue weighted by molar-refractivity contribution is 8.01. The lowest BCUT2D eigenvalue weighted by atomic mass is 10.1. The number of hydrogen-bond donors (Lipinski definition) is 0. The second-order valence-electron chi connectivity index (χ2n) is 9.10. The Kier molecular flexibility index (Phi) is 6.65. The number of methoxy groups -OCH3 is 1. The lowest BCUT2D eigenvalue weighted by Crippen LogP contribution is -2.38. The van der Waals surface area contributed by atoms with Gasteiger partial charge < -0.3 is 9.15 Å². The van der Waals surface area contributed by atoms with Crippen molar-refractivity contribution < 1.29 is 9.15 Å². The Labute approximate surface area is 224 Å². The van der Waals surface area contributed by atoms with Gasteiger partial charge in [-0.1, -0.05) is 84.9 Å². The van der Waals surface area contributed by atoms with E-state index in [9.17, 15) is 0 Å². The minimum Gasteiger partial charge on any atom is -0.497 e. The molecule has 6 aromatic rings.